The molecule has 1 aromatic carbocycles. The van der Waals surface area contributed by atoms with Gasteiger partial charge in [-0.25, -0.2) is 22.0 Å². The molecular weight excluding hydrogens is 397 g/mol. The Morgan fingerprint density at radius 1 is 0.567 bits per heavy atom. The Balaban J connectivity index is 2.90. The monoisotopic (exact) mass is 435 g/mol. The van der Waals surface area contributed by atoms with E-state index in [-0.39, 0.29) is 13.1 Å². The number of halogens is 5. The highest BCUT2D eigenvalue weighted by molar-refractivity contribution is 5.50. The normalized spacial score (nSPS) is 12.4. The summed E-state index contributed by atoms with van der Waals surface area (Å²) >= 11 is 0. The van der Waals surface area contributed by atoms with Gasteiger partial charge in [-0.3, -0.25) is 0 Å². The van der Waals surface area contributed by atoms with E-state index < -0.39 is 34.8 Å². The van der Waals surface area contributed by atoms with Crippen molar-refractivity contribution in [3.63, 3.8) is 0 Å². The molecule has 1 aromatic rings. The number of unbranched alkanes of at least 4 members (excludes halogenated alkanes) is 7. The Kier molecular flexibility index (Phi) is 13.0. The van der Waals surface area contributed by atoms with Crippen LogP contribution in [0.1, 0.15) is 97.8 Å². The second-order valence-electron chi connectivity index (χ2n) is 8.23. The first-order chi connectivity index (χ1) is 14.4. The third-order valence-corrected chi connectivity index (χ3v) is 5.88. The van der Waals surface area contributed by atoms with Gasteiger partial charge in [0.05, 0.1) is 0 Å². The Bertz CT molecular complexity index is 591. The van der Waals surface area contributed by atoms with E-state index in [1.807, 2.05) is 0 Å². The minimum atomic E-state index is -2.10. The first kappa shape index (κ1) is 26.7. The van der Waals surface area contributed by atoms with Crippen molar-refractivity contribution in [2.24, 2.45) is 5.92 Å². The van der Waals surface area contributed by atoms with Crippen molar-refractivity contribution in [3.05, 3.63) is 29.1 Å². The highest BCUT2D eigenvalue weighted by Gasteiger charge is 2.29. The number of hydrogen-bond acceptors (Lipinski definition) is 1. The van der Waals surface area contributed by atoms with E-state index in [0.29, 0.717) is 18.8 Å². The lowest BCUT2D eigenvalue weighted by molar-refractivity contribution is 0.374. The minimum absolute atomic E-state index is 0.288. The summed E-state index contributed by atoms with van der Waals surface area (Å²) in [4.78, 5) is 1.37. The van der Waals surface area contributed by atoms with Gasteiger partial charge in [0.25, 0.3) is 0 Å². The molecule has 0 radical (unpaired) electrons. The molecule has 1 rings (SSSR count). The van der Waals surface area contributed by atoms with Gasteiger partial charge in [0.2, 0.25) is 5.82 Å². The van der Waals surface area contributed by atoms with E-state index in [9.17, 15) is 22.0 Å². The van der Waals surface area contributed by atoms with Crippen LogP contribution in [0, 0.1) is 35.0 Å². The van der Waals surface area contributed by atoms with Crippen LogP contribution in [-0.4, -0.2) is 13.1 Å². The molecule has 0 saturated carbocycles. The molecule has 0 saturated heterocycles. The molecule has 0 aromatic heterocycles. The molecule has 0 aliphatic carbocycles. The van der Waals surface area contributed by atoms with E-state index in [1.54, 1.807) is 0 Å². The molecule has 0 fully saturated rings. The maximum absolute atomic E-state index is 14.4. The van der Waals surface area contributed by atoms with Crippen molar-refractivity contribution in [1.82, 2.24) is 0 Å². The van der Waals surface area contributed by atoms with Gasteiger partial charge in [-0.15, -0.1) is 0 Å². The van der Waals surface area contributed by atoms with Crippen molar-refractivity contribution >= 4 is 5.69 Å². The Labute approximate surface area is 179 Å². The van der Waals surface area contributed by atoms with E-state index in [0.717, 1.165) is 57.8 Å². The van der Waals surface area contributed by atoms with Crippen LogP contribution in [0.15, 0.2) is 0 Å². The van der Waals surface area contributed by atoms with Crippen molar-refractivity contribution in [2.75, 3.05) is 18.0 Å². The summed E-state index contributed by atoms with van der Waals surface area (Å²) in [6.45, 7) is 6.90. The lowest BCUT2D eigenvalue weighted by Crippen LogP contribution is -2.30. The smallest absolute Gasteiger partial charge is 0.200 e. The molecule has 1 unspecified atom stereocenters. The molecule has 30 heavy (non-hydrogen) atoms. The fourth-order valence-corrected chi connectivity index (χ4v) is 3.85. The predicted molar refractivity (Wildman–Crippen MR) is 114 cm³/mol. The molecule has 0 aliphatic rings. The first-order valence-corrected chi connectivity index (χ1v) is 11.6. The molecule has 0 heterocycles. The average molecular weight is 436 g/mol. The summed E-state index contributed by atoms with van der Waals surface area (Å²) in [5, 5.41) is 0. The van der Waals surface area contributed by atoms with Gasteiger partial charge in [0.1, 0.15) is 5.69 Å². The minimum Gasteiger partial charge on any atom is -0.367 e. The van der Waals surface area contributed by atoms with E-state index in [4.69, 9.17) is 0 Å². The lowest BCUT2D eigenvalue weighted by Gasteiger charge is -2.28. The first-order valence-electron chi connectivity index (χ1n) is 11.6. The van der Waals surface area contributed by atoms with E-state index in [1.165, 1.54) is 11.3 Å². The molecule has 174 valence electrons. The molecule has 0 amide bonds. The van der Waals surface area contributed by atoms with Crippen molar-refractivity contribution in [3.8, 4) is 0 Å². The van der Waals surface area contributed by atoms with Crippen molar-refractivity contribution in [2.45, 2.75) is 97.8 Å². The quantitative estimate of drug-likeness (QED) is 0.109. The second kappa shape index (κ2) is 14.6. The fraction of sp³-hybridized carbons (Fsp3) is 0.750. The summed E-state index contributed by atoms with van der Waals surface area (Å²) in [7, 11) is 0. The van der Waals surface area contributed by atoms with Crippen molar-refractivity contribution < 1.29 is 22.0 Å². The van der Waals surface area contributed by atoms with Gasteiger partial charge in [-0.2, -0.15) is 0 Å². The summed E-state index contributed by atoms with van der Waals surface area (Å²) in [5.74, 6) is -8.91. The Morgan fingerprint density at radius 2 is 1.07 bits per heavy atom. The molecule has 1 atom stereocenters. The fourth-order valence-electron chi connectivity index (χ4n) is 3.85. The average Bonchev–Trinajstić information content (AvgIpc) is 2.75. The summed E-state index contributed by atoms with van der Waals surface area (Å²) < 4.78 is 69.8. The van der Waals surface area contributed by atoms with Gasteiger partial charge in [0.15, 0.2) is 23.3 Å². The maximum Gasteiger partial charge on any atom is 0.200 e. The van der Waals surface area contributed by atoms with E-state index in [2.05, 4.69) is 20.8 Å². The molecular formula is C24H38F5N. The van der Waals surface area contributed by atoms with Crippen LogP contribution in [0.4, 0.5) is 27.6 Å². The van der Waals surface area contributed by atoms with Crippen LogP contribution in [0.2, 0.25) is 0 Å². The SMILES string of the molecule is CCCCCCCCCN(CCC(CC)CCCC)c1c(F)c(F)c(F)c(F)c1F. The third kappa shape index (κ3) is 8.07. The zero-order valence-electron chi connectivity index (χ0n) is 18.8. The van der Waals surface area contributed by atoms with Crippen LogP contribution in [-0.2, 0) is 0 Å². The standard InChI is InChI=1S/C24H38F5N/c1-4-7-9-10-11-12-13-16-30(17-15-18(6-3)14-8-5-2)24-22(28)20(26)19(25)21(27)23(24)29/h18H,4-17H2,1-3H3. The molecule has 0 aliphatic heterocycles. The summed E-state index contributed by atoms with van der Waals surface area (Å²) in [5.41, 5.74) is -0.775. The number of rotatable bonds is 16. The number of hydrogen-bond donors (Lipinski definition) is 0. The van der Waals surface area contributed by atoms with Crippen LogP contribution in [0.5, 0.6) is 0 Å². The van der Waals surface area contributed by atoms with E-state index >= 15 is 0 Å². The van der Waals surface area contributed by atoms with Gasteiger partial charge in [0, 0.05) is 13.1 Å². The van der Waals surface area contributed by atoms with Gasteiger partial charge >= 0.3 is 0 Å². The second-order valence-corrected chi connectivity index (χ2v) is 8.23. The third-order valence-electron chi connectivity index (χ3n) is 5.88. The van der Waals surface area contributed by atoms with Crippen LogP contribution in [0.3, 0.4) is 0 Å². The lowest BCUT2D eigenvalue weighted by atomic mass is 9.95. The zero-order valence-corrected chi connectivity index (χ0v) is 18.8. The highest BCUT2D eigenvalue weighted by atomic mass is 19.2. The van der Waals surface area contributed by atoms with Crippen molar-refractivity contribution in [1.29, 1.82) is 0 Å². The molecule has 0 bridgehead atoms. The summed E-state index contributed by atoms with van der Waals surface area (Å²) in [6, 6.07) is 0. The number of anilines is 1. The topological polar surface area (TPSA) is 3.24 Å². The molecule has 6 heteroatoms. The largest absolute Gasteiger partial charge is 0.367 e. The van der Waals surface area contributed by atoms with Crippen LogP contribution < -0.4 is 4.90 Å². The molecule has 0 N–H and O–H groups in total. The summed E-state index contributed by atoms with van der Waals surface area (Å²) in [6.07, 6.45) is 11.9. The Morgan fingerprint density at radius 3 is 1.60 bits per heavy atom. The van der Waals surface area contributed by atoms with Gasteiger partial charge < -0.3 is 4.90 Å². The van der Waals surface area contributed by atoms with Crippen LogP contribution >= 0.6 is 0 Å². The predicted octanol–water partition coefficient (Wildman–Crippen LogP) is 8.55. The number of nitrogens with zero attached hydrogens (tertiary/aromatic N) is 1. The maximum atomic E-state index is 14.4. The van der Waals surface area contributed by atoms with Crippen LogP contribution in [0.25, 0.3) is 0 Å². The highest BCUT2D eigenvalue weighted by Crippen LogP contribution is 2.31. The Hall–Kier alpha value is -1.33. The number of benzene rings is 1. The zero-order chi connectivity index (χ0) is 22.5. The van der Waals surface area contributed by atoms with Gasteiger partial charge in [-0.1, -0.05) is 85.0 Å². The molecule has 1 nitrogen and oxygen atoms in total. The molecule has 0 spiro atoms. The van der Waals surface area contributed by atoms with Gasteiger partial charge in [-0.05, 0) is 18.8 Å².